The normalized spacial score (nSPS) is 10.7. The van der Waals surface area contributed by atoms with E-state index in [9.17, 15) is 0 Å². The Labute approximate surface area is 179 Å². The smallest absolute Gasteiger partial charge is 0.00610 e. The summed E-state index contributed by atoms with van der Waals surface area (Å²) >= 11 is 0. The summed E-state index contributed by atoms with van der Waals surface area (Å²) in [4.78, 5) is 0. The number of benzene rings is 4. The fourth-order valence-corrected chi connectivity index (χ4v) is 3.75. The lowest BCUT2D eigenvalue weighted by molar-refractivity contribution is 0.922. The minimum absolute atomic E-state index is 0.322. The van der Waals surface area contributed by atoms with Crippen LogP contribution in [0.25, 0.3) is 11.1 Å². The number of hydrogen-bond donors (Lipinski definition) is 0. The molecular weight excluding hydrogens is 360 g/mol. The molecule has 0 saturated carbocycles. The fraction of sp³-hybridized carbons (Fsp3) is 0.0667. The standard InChI is InChI=1S/C30H26/c1-22(25-10-6-4-7-11-25)27-14-18-29(19-15-27)24(3)30-20-16-28(17-21-30)23(2)26-12-8-5-9-13-26/h4-21,24H,1-2H2,3H3. The van der Waals surface area contributed by atoms with Crippen LogP contribution in [0.15, 0.2) is 122 Å². The first-order chi connectivity index (χ1) is 14.6. The first-order valence-corrected chi connectivity index (χ1v) is 10.3. The maximum absolute atomic E-state index is 4.27. The van der Waals surface area contributed by atoms with Gasteiger partial charge in [0.15, 0.2) is 0 Å². The molecule has 4 rings (SSSR count). The summed E-state index contributed by atoms with van der Waals surface area (Å²) in [6, 6.07) is 38.2. The zero-order valence-corrected chi connectivity index (χ0v) is 17.4. The third-order valence-electron chi connectivity index (χ3n) is 5.76. The van der Waals surface area contributed by atoms with Crippen molar-refractivity contribution < 1.29 is 0 Å². The highest BCUT2D eigenvalue weighted by Gasteiger charge is 2.10. The maximum atomic E-state index is 4.27. The highest BCUT2D eigenvalue weighted by atomic mass is 14.1. The Bertz CT molecular complexity index is 1040. The largest absolute Gasteiger partial charge is 0.0906 e. The molecule has 0 nitrogen and oxygen atoms in total. The van der Waals surface area contributed by atoms with Crippen LogP contribution in [0.3, 0.4) is 0 Å². The van der Waals surface area contributed by atoms with E-state index in [0.717, 1.165) is 33.4 Å². The van der Waals surface area contributed by atoms with Crippen molar-refractivity contribution in [2.45, 2.75) is 12.8 Å². The van der Waals surface area contributed by atoms with E-state index < -0.39 is 0 Å². The first kappa shape index (κ1) is 19.7. The van der Waals surface area contributed by atoms with Crippen LogP contribution in [0, 0.1) is 0 Å². The molecule has 0 amide bonds. The molecule has 30 heavy (non-hydrogen) atoms. The van der Waals surface area contributed by atoms with Gasteiger partial charge in [-0.25, -0.2) is 0 Å². The molecule has 0 radical (unpaired) electrons. The van der Waals surface area contributed by atoms with Crippen molar-refractivity contribution in [2.24, 2.45) is 0 Å². The Morgan fingerprint density at radius 1 is 0.467 bits per heavy atom. The topological polar surface area (TPSA) is 0 Å². The Balaban J connectivity index is 1.50. The van der Waals surface area contributed by atoms with Crippen LogP contribution in [0.5, 0.6) is 0 Å². The highest BCUT2D eigenvalue weighted by molar-refractivity contribution is 5.79. The predicted octanol–water partition coefficient (Wildman–Crippen LogP) is 7.96. The van der Waals surface area contributed by atoms with Crippen LogP contribution in [0.4, 0.5) is 0 Å². The van der Waals surface area contributed by atoms with Crippen molar-refractivity contribution in [2.75, 3.05) is 0 Å². The van der Waals surface area contributed by atoms with Crippen molar-refractivity contribution in [1.82, 2.24) is 0 Å². The monoisotopic (exact) mass is 386 g/mol. The van der Waals surface area contributed by atoms with Crippen LogP contribution in [0.2, 0.25) is 0 Å². The van der Waals surface area contributed by atoms with Crippen molar-refractivity contribution in [3.8, 4) is 0 Å². The molecule has 0 heterocycles. The van der Waals surface area contributed by atoms with Crippen LogP contribution in [0.1, 0.15) is 46.2 Å². The summed E-state index contributed by atoms with van der Waals surface area (Å²) in [7, 11) is 0. The van der Waals surface area contributed by atoms with E-state index in [1.54, 1.807) is 0 Å². The summed E-state index contributed by atoms with van der Waals surface area (Å²) < 4.78 is 0. The van der Waals surface area contributed by atoms with Gasteiger partial charge >= 0.3 is 0 Å². The summed E-state index contributed by atoms with van der Waals surface area (Å²) in [6.07, 6.45) is 0. The van der Waals surface area contributed by atoms with Crippen molar-refractivity contribution >= 4 is 11.1 Å². The molecule has 0 unspecified atom stereocenters. The summed E-state index contributed by atoms with van der Waals surface area (Å²) in [6.45, 7) is 10.8. The van der Waals surface area contributed by atoms with Gasteiger partial charge in [-0.1, -0.05) is 129 Å². The number of hydrogen-bond acceptors (Lipinski definition) is 0. The van der Waals surface area contributed by atoms with E-state index in [-0.39, 0.29) is 0 Å². The van der Waals surface area contributed by atoms with Gasteiger partial charge in [0.05, 0.1) is 0 Å². The molecule has 0 spiro atoms. The molecular formula is C30H26. The van der Waals surface area contributed by atoms with Gasteiger partial charge in [-0.05, 0) is 44.5 Å². The lowest BCUT2D eigenvalue weighted by Crippen LogP contribution is -1.97. The van der Waals surface area contributed by atoms with Gasteiger partial charge < -0.3 is 0 Å². The minimum Gasteiger partial charge on any atom is -0.0906 e. The second kappa shape index (κ2) is 8.80. The van der Waals surface area contributed by atoms with Crippen molar-refractivity contribution in [3.63, 3.8) is 0 Å². The molecule has 0 saturated heterocycles. The molecule has 4 aromatic rings. The van der Waals surface area contributed by atoms with Gasteiger partial charge in [0.2, 0.25) is 0 Å². The summed E-state index contributed by atoms with van der Waals surface area (Å²) in [5.74, 6) is 0.322. The molecule has 0 aromatic heterocycles. The third kappa shape index (κ3) is 4.18. The zero-order chi connectivity index (χ0) is 20.9. The zero-order valence-electron chi connectivity index (χ0n) is 17.4. The van der Waals surface area contributed by atoms with Gasteiger partial charge in [-0.15, -0.1) is 0 Å². The Hall–Kier alpha value is -3.64. The average Bonchev–Trinajstić information content (AvgIpc) is 2.84. The van der Waals surface area contributed by atoms with E-state index in [1.807, 2.05) is 36.4 Å². The number of rotatable bonds is 6. The molecule has 0 N–H and O–H groups in total. The molecule has 146 valence electrons. The second-order valence-corrected chi connectivity index (χ2v) is 7.65. The first-order valence-electron chi connectivity index (χ1n) is 10.3. The van der Waals surface area contributed by atoms with Gasteiger partial charge in [0.1, 0.15) is 0 Å². The summed E-state index contributed by atoms with van der Waals surface area (Å²) in [5, 5.41) is 0. The van der Waals surface area contributed by atoms with Gasteiger partial charge in [-0.2, -0.15) is 0 Å². The predicted molar refractivity (Wildman–Crippen MR) is 130 cm³/mol. The van der Waals surface area contributed by atoms with E-state index >= 15 is 0 Å². The van der Waals surface area contributed by atoms with E-state index in [4.69, 9.17) is 0 Å². The summed E-state index contributed by atoms with van der Waals surface area (Å²) in [5.41, 5.74) is 9.35. The molecule has 4 aromatic carbocycles. The van der Waals surface area contributed by atoms with E-state index in [2.05, 4.69) is 92.9 Å². The minimum atomic E-state index is 0.322. The van der Waals surface area contributed by atoms with E-state index in [1.165, 1.54) is 11.1 Å². The maximum Gasteiger partial charge on any atom is 0.00610 e. The van der Waals surface area contributed by atoms with Gasteiger partial charge in [-0.3, -0.25) is 0 Å². The molecule has 0 bridgehead atoms. The highest BCUT2D eigenvalue weighted by Crippen LogP contribution is 2.29. The SMILES string of the molecule is C=C(c1ccccc1)c1ccc(C(C)c2ccc(C(=C)c3ccccc3)cc2)cc1. The quantitative estimate of drug-likeness (QED) is 0.315. The Kier molecular flexibility index (Phi) is 5.77. The van der Waals surface area contributed by atoms with Gasteiger partial charge in [0, 0.05) is 5.92 Å². The molecule has 0 heteroatoms. The van der Waals surface area contributed by atoms with Gasteiger partial charge in [0.25, 0.3) is 0 Å². The molecule has 0 fully saturated rings. The second-order valence-electron chi connectivity index (χ2n) is 7.65. The molecule has 0 aliphatic rings. The third-order valence-corrected chi connectivity index (χ3v) is 5.76. The van der Waals surface area contributed by atoms with Crippen LogP contribution in [-0.2, 0) is 0 Å². The van der Waals surface area contributed by atoms with Crippen LogP contribution >= 0.6 is 0 Å². The van der Waals surface area contributed by atoms with Crippen LogP contribution in [-0.4, -0.2) is 0 Å². The van der Waals surface area contributed by atoms with Crippen molar-refractivity contribution in [1.29, 1.82) is 0 Å². The molecule has 0 aliphatic heterocycles. The molecule has 0 aliphatic carbocycles. The van der Waals surface area contributed by atoms with Crippen LogP contribution < -0.4 is 0 Å². The Morgan fingerprint density at radius 3 is 1.10 bits per heavy atom. The molecule has 0 atom stereocenters. The lowest BCUT2D eigenvalue weighted by Gasteiger charge is -2.15. The average molecular weight is 387 g/mol. The Morgan fingerprint density at radius 2 is 0.767 bits per heavy atom. The van der Waals surface area contributed by atoms with Crippen molar-refractivity contribution in [3.05, 3.63) is 156 Å². The lowest BCUT2D eigenvalue weighted by atomic mass is 9.89. The van der Waals surface area contributed by atoms with E-state index in [0.29, 0.717) is 5.92 Å². The fourth-order valence-electron chi connectivity index (χ4n) is 3.75.